The molecule has 1 aliphatic heterocycles. The van der Waals surface area contributed by atoms with Crippen molar-refractivity contribution < 1.29 is 19.2 Å². The van der Waals surface area contributed by atoms with Crippen LogP contribution in [0.4, 0.5) is 0 Å². The van der Waals surface area contributed by atoms with Gasteiger partial charge in [-0.15, -0.1) is 0 Å². The fourth-order valence-electron chi connectivity index (χ4n) is 4.74. The van der Waals surface area contributed by atoms with Crippen molar-refractivity contribution >= 4 is 23.5 Å². The van der Waals surface area contributed by atoms with Crippen molar-refractivity contribution in [3.05, 3.63) is 30.1 Å². The lowest BCUT2D eigenvalue weighted by molar-refractivity contribution is -0.145. The maximum atomic E-state index is 13.3. The van der Waals surface area contributed by atoms with Crippen molar-refractivity contribution in [1.82, 2.24) is 14.8 Å². The summed E-state index contributed by atoms with van der Waals surface area (Å²) in [6, 6.07) is 4.22. The largest absolute Gasteiger partial charge is 0.369 e. The topological polar surface area (TPSA) is 114 Å². The molecule has 0 aromatic carbocycles. The molecule has 2 fully saturated rings. The predicted octanol–water partition coefficient (Wildman–Crippen LogP) is 1.93. The highest BCUT2D eigenvalue weighted by atomic mass is 16.2. The zero-order chi connectivity index (χ0) is 22.5. The fourth-order valence-corrected chi connectivity index (χ4v) is 4.74. The van der Waals surface area contributed by atoms with E-state index in [1.807, 2.05) is 6.92 Å². The molecule has 0 bridgehead atoms. The molecule has 1 aliphatic carbocycles. The van der Waals surface area contributed by atoms with Gasteiger partial charge in [-0.2, -0.15) is 0 Å². The van der Waals surface area contributed by atoms with Gasteiger partial charge in [-0.1, -0.05) is 13.0 Å². The van der Waals surface area contributed by atoms with E-state index in [1.54, 1.807) is 34.2 Å². The summed E-state index contributed by atoms with van der Waals surface area (Å²) in [6.07, 6.45) is 5.76. The molecule has 3 amide bonds. The number of nitrogens with two attached hydrogens (primary N) is 1. The van der Waals surface area contributed by atoms with Crippen LogP contribution in [0, 0.1) is 5.92 Å². The van der Waals surface area contributed by atoms with Crippen molar-refractivity contribution in [2.75, 3.05) is 6.54 Å². The van der Waals surface area contributed by atoms with E-state index in [4.69, 9.17) is 5.73 Å². The van der Waals surface area contributed by atoms with Gasteiger partial charge in [-0.3, -0.25) is 24.2 Å². The Labute approximate surface area is 183 Å². The van der Waals surface area contributed by atoms with E-state index < -0.39 is 18.4 Å². The van der Waals surface area contributed by atoms with Crippen LogP contribution in [-0.2, 0) is 14.4 Å². The van der Waals surface area contributed by atoms with Gasteiger partial charge >= 0.3 is 0 Å². The van der Waals surface area contributed by atoms with Gasteiger partial charge in [0, 0.05) is 18.3 Å². The Morgan fingerprint density at radius 1 is 1.10 bits per heavy atom. The third kappa shape index (κ3) is 5.48. The Morgan fingerprint density at radius 3 is 2.42 bits per heavy atom. The number of ketones is 1. The van der Waals surface area contributed by atoms with Gasteiger partial charge < -0.3 is 15.5 Å². The number of likely N-dealkylation sites (tertiary alicyclic amines) is 1. The van der Waals surface area contributed by atoms with Crippen molar-refractivity contribution in [2.45, 2.75) is 76.9 Å². The van der Waals surface area contributed by atoms with Crippen LogP contribution in [0.5, 0.6) is 0 Å². The van der Waals surface area contributed by atoms with E-state index in [-0.39, 0.29) is 36.2 Å². The first-order valence-corrected chi connectivity index (χ1v) is 11.1. The third-order valence-corrected chi connectivity index (χ3v) is 6.56. The van der Waals surface area contributed by atoms with Crippen molar-refractivity contribution in [3.63, 3.8) is 0 Å². The van der Waals surface area contributed by atoms with Crippen molar-refractivity contribution in [1.29, 1.82) is 0 Å². The van der Waals surface area contributed by atoms with E-state index >= 15 is 0 Å². The summed E-state index contributed by atoms with van der Waals surface area (Å²) in [6.45, 7) is 4.02. The first-order chi connectivity index (χ1) is 14.8. The number of carbonyl (C=O) groups is 4. The van der Waals surface area contributed by atoms with Crippen molar-refractivity contribution in [3.8, 4) is 0 Å². The first-order valence-electron chi connectivity index (χ1n) is 11.1. The molecule has 1 saturated heterocycles. The Morgan fingerprint density at radius 2 is 1.81 bits per heavy atom. The third-order valence-electron chi connectivity index (χ3n) is 6.56. The summed E-state index contributed by atoms with van der Waals surface area (Å²) in [5, 5.41) is 0. The minimum atomic E-state index is -0.694. The number of carbonyl (C=O) groups excluding carboxylic acids is 4. The number of hydrogen-bond acceptors (Lipinski definition) is 5. The molecule has 1 aromatic heterocycles. The number of nitrogens with zero attached hydrogens (tertiary/aromatic N) is 3. The summed E-state index contributed by atoms with van der Waals surface area (Å²) in [5.41, 5.74) is 5.59. The summed E-state index contributed by atoms with van der Waals surface area (Å²) in [7, 11) is 0. The molecule has 1 saturated carbocycles. The Hall–Kier alpha value is -2.77. The number of rotatable bonds is 5. The second-order valence-corrected chi connectivity index (χ2v) is 8.91. The molecule has 31 heavy (non-hydrogen) atoms. The molecule has 2 heterocycles. The normalized spacial score (nSPS) is 26.8. The number of Topliss-reactive ketones (excluding diaryl/α,β-unsaturated/α-hetero) is 1. The number of aromatic nitrogens is 1. The molecule has 1 aromatic rings. The van der Waals surface area contributed by atoms with Crippen LogP contribution in [0.1, 0.15) is 69.3 Å². The minimum absolute atomic E-state index is 0.0784. The number of hydrogen-bond donors (Lipinski definition) is 1. The van der Waals surface area contributed by atoms with E-state index in [9.17, 15) is 19.2 Å². The van der Waals surface area contributed by atoms with Gasteiger partial charge in [0.05, 0.1) is 12.6 Å². The SMILES string of the molecule is CC1CCC(N(C(=O)CC(N)=O)[C@H]2CC[C@@H](C)N(C(=O)c3ccccn3)CC2=O)CC1. The van der Waals surface area contributed by atoms with Gasteiger partial charge in [0.15, 0.2) is 5.78 Å². The first kappa shape index (κ1) is 22.9. The van der Waals surface area contributed by atoms with E-state index in [1.165, 1.54) is 0 Å². The molecule has 168 valence electrons. The second kappa shape index (κ2) is 10.0. The second-order valence-electron chi connectivity index (χ2n) is 8.91. The summed E-state index contributed by atoms with van der Waals surface area (Å²) in [5.74, 6) is -0.961. The maximum Gasteiger partial charge on any atom is 0.273 e. The molecule has 8 heteroatoms. The molecule has 2 N–H and O–H groups in total. The summed E-state index contributed by atoms with van der Waals surface area (Å²) >= 11 is 0. The molecule has 2 atom stereocenters. The van der Waals surface area contributed by atoms with Gasteiger partial charge in [0.2, 0.25) is 11.8 Å². The highest BCUT2D eigenvalue weighted by Gasteiger charge is 2.40. The van der Waals surface area contributed by atoms with Crippen LogP contribution < -0.4 is 5.73 Å². The van der Waals surface area contributed by atoms with Crippen molar-refractivity contribution in [2.24, 2.45) is 11.7 Å². The Kier molecular flexibility index (Phi) is 7.41. The van der Waals surface area contributed by atoms with Gasteiger partial charge in [0.1, 0.15) is 12.1 Å². The fraction of sp³-hybridized carbons (Fsp3) is 0.609. The zero-order valence-corrected chi connectivity index (χ0v) is 18.3. The zero-order valence-electron chi connectivity index (χ0n) is 18.3. The molecule has 2 aliphatic rings. The molecule has 0 spiro atoms. The van der Waals surface area contributed by atoms with Crippen LogP contribution in [-0.4, -0.2) is 63.0 Å². The lowest BCUT2D eigenvalue weighted by Gasteiger charge is -2.40. The minimum Gasteiger partial charge on any atom is -0.369 e. The molecular formula is C23H32N4O4. The molecule has 0 radical (unpaired) electrons. The summed E-state index contributed by atoms with van der Waals surface area (Å²) < 4.78 is 0. The van der Waals surface area contributed by atoms with Crippen LogP contribution in [0.3, 0.4) is 0 Å². The van der Waals surface area contributed by atoms with Crippen LogP contribution in [0.25, 0.3) is 0 Å². The van der Waals surface area contributed by atoms with Crippen LogP contribution in [0.15, 0.2) is 24.4 Å². The van der Waals surface area contributed by atoms with Gasteiger partial charge in [0.25, 0.3) is 5.91 Å². The van der Waals surface area contributed by atoms with E-state index in [0.29, 0.717) is 24.5 Å². The van der Waals surface area contributed by atoms with E-state index in [2.05, 4.69) is 11.9 Å². The van der Waals surface area contributed by atoms with Crippen LogP contribution >= 0.6 is 0 Å². The molecule has 0 unspecified atom stereocenters. The van der Waals surface area contributed by atoms with E-state index in [0.717, 1.165) is 25.7 Å². The number of amides is 3. The number of primary amides is 1. The monoisotopic (exact) mass is 428 g/mol. The lowest BCUT2D eigenvalue weighted by Crippen LogP contribution is -2.53. The molecule has 8 nitrogen and oxygen atoms in total. The average Bonchev–Trinajstić information content (AvgIpc) is 2.88. The highest BCUT2D eigenvalue weighted by Crippen LogP contribution is 2.31. The maximum absolute atomic E-state index is 13.3. The quantitative estimate of drug-likeness (QED) is 0.720. The predicted molar refractivity (Wildman–Crippen MR) is 115 cm³/mol. The Bertz CT molecular complexity index is 820. The Balaban J connectivity index is 1.83. The highest BCUT2D eigenvalue weighted by molar-refractivity contribution is 6.00. The average molecular weight is 429 g/mol. The van der Waals surface area contributed by atoms with Gasteiger partial charge in [-0.05, 0) is 63.5 Å². The van der Waals surface area contributed by atoms with Gasteiger partial charge in [-0.25, -0.2) is 0 Å². The van der Waals surface area contributed by atoms with Crippen LogP contribution in [0.2, 0.25) is 0 Å². The smallest absolute Gasteiger partial charge is 0.273 e. The standard InChI is InChI=1S/C23H32N4O4/c1-15-6-9-17(10-7-15)27(22(30)13-21(24)29)19-11-8-16(2)26(14-20(19)28)23(31)18-5-3-4-12-25-18/h3-5,12,15-17,19H,6-11,13-14H2,1-2H3,(H2,24,29)/t15?,16-,17?,19+/m1/s1. The summed E-state index contributed by atoms with van der Waals surface area (Å²) in [4.78, 5) is 58.0. The number of pyridine rings is 1. The molecular weight excluding hydrogens is 396 g/mol. The lowest BCUT2D eigenvalue weighted by atomic mass is 9.85. The molecule has 3 rings (SSSR count).